The fourth-order valence-corrected chi connectivity index (χ4v) is 2.84. The number of rotatable bonds is 2. The molecule has 4 rings (SSSR count). The van der Waals surface area contributed by atoms with Crippen molar-refractivity contribution in [2.45, 2.75) is 18.3 Å². The highest BCUT2D eigenvalue weighted by molar-refractivity contribution is 5.52. The summed E-state index contributed by atoms with van der Waals surface area (Å²) in [5.41, 5.74) is 2.62. The van der Waals surface area contributed by atoms with Gasteiger partial charge in [0.1, 0.15) is 11.6 Å². The van der Waals surface area contributed by atoms with Crippen molar-refractivity contribution in [2.24, 2.45) is 0 Å². The molecule has 1 aliphatic rings. The predicted molar refractivity (Wildman–Crippen MR) is 69.4 cm³/mol. The first-order chi connectivity index (χ1) is 9.72. The minimum absolute atomic E-state index is 0.156. The molecule has 20 heavy (non-hydrogen) atoms. The Morgan fingerprint density at radius 2 is 1.85 bits per heavy atom. The molecule has 0 unspecified atom stereocenters. The van der Waals surface area contributed by atoms with Gasteiger partial charge in [0.25, 0.3) is 0 Å². The summed E-state index contributed by atoms with van der Waals surface area (Å²) in [5.74, 6) is -0.634. The molecule has 1 saturated carbocycles. The Hall–Kier alpha value is -2.30. The van der Waals surface area contributed by atoms with Crippen LogP contribution in [0.3, 0.4) is 0 Å². The topological polar surface area (TPSA) is 30.2 Å². The molecule has 0 amide bonds. The van der Waals surface area contributed by atoms with Gasteiger partial charge in [0.15, 0.2) is 5.65 Å². The minimum atomic E-state index is -0.522. The Labute approximate surface area is 113 Å². The highest BCUT2D eigenvalue weighted by atomic mass is 19.1. The van der Waals surface area contributed by atoms with E-state index in [1.165, 1.54) is 12.1 Å². The van der Waals surface area contributed by atoms with E-state index in [4.69, 9.17) is 0 Å². The third-order valence-electron chi connectivity index (χ3n) is 3.83. The molecule has 1 fully saturated rings. The van der Waals surface area contributed by atoms with Gasteiger partial charge in [0.05, 0.1) is 0 Å². The molecule has 3 nitrogen and oxygen atoms in total. The summed E-state index contributed by atoms with van der Waals surface area (Å²) in [6.07, 6.45) is 6.10. The predicted octanol–water partition coefficient (Wildman–Crippen LogP) is 3.28. The van der Waals surface area contributed by atoms with Crippen molar-refractivity contribution < 1.29 is 8.78 Å². The maximum absolute atomic E-state index is 13.3. The summed E-state index contributed by atoms with van der Waals surface area (Å²) in [7, 11) is 0. The lowest BCUT2D eigenvalue weighted by Gasteiger charge is -2.03. The number of hydrogen-bond donors (Lipinski definition) is 0. The molecule has 2 atom stereocenters. The van der Waals surface area contributed by atoms with Crippen LogP contribution in [0.15, 0.2) is 42.9 Å². The highest BCUT2D eigenvalue weighted by Gasteiger charge is 2.41. The molecule has 100 valence electrons. The number of benzene rings is 1. The van der Waals surface area contributed by atoms with Crippen molar-refractivity contribution in [3.8, 4) is 0 Å². The van der Waals surface area contributed by atoms with Gasteiger partial charge in [0.2, 0.25) is 0 Å². The average molecular weight is 271 g/mol. The fraction of sp³-hybridized carbons (Fsp3) is 0.200. The van der Waals surface area contributed by atoms with Crippen molar-refractivity contribution in [1.82, 2.24) is 14.6 Å². The quantitative estimate of drug-likeness (QED) is 0.716. The zero-order valence-corrected chi connectivity index (χ0v) is 10.5. The van der Waals surface area contributed by atoms with Crippen LogP contribution in [0.2, 0.25) is 0 Å². The van der Waals surface area contributed by atoms with E-state index in [0.29, 0.717) is 5.56 Å². The molecular weight excluding hydrogens is 260 g/mol. The molecule has 2 heterocycles. The summed E-state index contributed by atoms with van der Waals surface area (Å²) in [5, 5.41) is 4.17. The highest BCUT2D eigenvalue weighted by Crippen LogP contribution is 2.55. The van der Waals surface area contributed by atoms with E-state index < -0.39 is 11.6 Å². The third-order valence-corrected chi connectivity index (χ3v) is 3.83. The number of halogens is 2. The number of nitrogens with zero attached hydrogens (tertiary/aromatic N) is 3. The van der Waals surface area contributed by atoms with Crippen molar-refractivity contribution in [3.63, 3.8) is 0 Å². The van der Waals surface area contributed by atoms with Gasteiger partial charge in [0, 0.05) is 30.2 Å². The van der Waals surface area contributed by atoms with Gasteiger partial charge in [-0.25, -0.2) is 18.3 Å². The van der Waals surface area contributed by atoms with Crippen LogP contribution in [0.4, 0.5) is 8.78 Å². The van der Waals surface area contributed by atoms with E-state index in [1.54, 1.807) is 23.1 Å². The molecule has 0 saturated heterocycles. The minimum Gasteiger partial charge on any atom is -0.235 e. The molecule has 0 aliphatic heterocycles. The molecule has 0 radical (unpaired) electrons. The van der Waals surface area contributed by atoms with Crippen LogP contribution in [-0.4, -0.2) is 14.6 Å². The lowest BCUT2D eigenvalue weighted by Crippen LogP contribution is -1.95. The molecular formula is C15H11F2N3. The average Bonchev–Trinajstić information content (AvgIpc) is 3.06. The van der Waals surface area contributed by atoms with Gasteiger partial charge in [-0.15, -0.1) is 0 Å². The monoisotopic (exact) mass is 271 g/mol. The Morgan fingerprint density at radius 1 is 1.05 bits per heavy atom. The lowest BCUT2D eigenvalue weighted by atomic mass is 10.1. The smallest absolute Gasteiger partial charge is 0.156 e. The first kappa shape index (κ1) is 11.5. The second-order valence-corrected chi connectivity index (χ2v) is 5.13. The van der Waals surface area contributed by atoms with Crippen LogP contribution in [0.5, 0.6) is 0 Å². The van der Waals surface area contributed by atoms with Crippen LogP contribution >= 0.6 is 0 Å². The van der Waals surface area contributed by atoms with Crippen LogP contribution < -0.4 is 0 Å². The Bertz CT molecular complexity index is 776. The maximum atomic E-state index is 13.3. The molecule has 0 spiro atoms. The Balaban J connectivity index is 1.71. The summed E-state index contributed by atoms with van der Waals surface area (Å²) >= 11 is 0. The molecule has 0 N–H and O–H groups in total. The van der Waals surface area contributed by atoms with Crippen LogP contribution in [0.1, 0.15) is 29.4 Å². The fourth-order valence-electron chi connectivity index (χ4n) is 2.84. The molecule has 1 aromatic carbocycles. The number of imidazole rings is 1. The summed E-state index contributed by atoms with van der Waals surface area (Å²) < 4.78 is 28.3. The van der Waals surface area contributed by atoms with Crippen LogP contribution in [-0.2, 0) is 0 Å². The van der Waals surface area contributed by atoms with E-state index in [1.807, 2.05) is 6.07 Å². The van der Waals surface area contributed by atoms with Crippen molar-refractivity contribution in [1.29, 1.82) is 0 Å². The molecule has 3 aromatic rings. The Morgan fingerprint density at radius 3 is 2.65 bits per heavy atom. The molecule has 5 heteroatoms. The SMILES string of the molecule is Fc1cc(F)cc([C@@H]2C[C@H]2c2ccnn3ccnc23)c1. The zero-order valence-electron chi connectivity index (χ0n) is 10.5. The molecule has 2 aromatic heterocycles. The first-order valence-corrected chi connectivity index (χ1v) is 6.46. The Kier molecular flexibility index (Phi) is 2.36. The van der Waals surface area contributed by atoms with Crippen molar-refractivity contribution in [2.75, 3.05) is 0 Å². The van der Waals surface area contributed by atoms with Crippen LogP contribution in [0.25, 0.3) is 5.65 Å². The van der Waals surface area contributed by atoms with E-state index in [-0.39, 0.29) is 11.8 Å². The second kappa shape index (κ2) is 4.10. The third kappa shape index (κ3) is 1.78. The number of fused-ring (bicyclic) bond motifs is 1. The maximum Gasteiger partial charge on any atom is 0.156 e. The van der Waals surface area contributed by atoms with Gasteiger partial charge >= 0.3 is 0 Å². The first-order valence-electron chi connectivity index (χ1n) is 6.46. The van der Waals surface area contributed by atoms with Gasteiger partial charge in [-0.05, 0) is 42.0 Å². The van der Waals surface area contributed by atoms with Gasteiger partial charge in [-0.2, -0.15) is 5.10 Å². The second-order valence-electron chi connectivity index (χ2n) is 5.13. The van der Waals surface area contributed by atoms with Gasteiger partial charge < -0.3 is 0 Å². The normalized spacial score (nSPS) is 21.3. The van der Waals surface area contributed by atoms with E-state index in [0.717, 1.165) is 23.7 Å². The van der Waals surface area contributed by atoms with Gasteiger partial charge in [-0.1, -0.05) is 0 Å². The lowest BCUT2D eigenvalue weighted by molar-refractivity contribution is 0.579. The van der Waals surface area contributed by atoms with E-state index >= 15 is 0 Å². The summed E-state index contributed by atoms with van der Waals surface area (Å²) in [4.78, 5) is 4.30. The number of hydrogen-bond acceptors (Lipinski definition) is 2. The number of aromatic nitrogens is 3. The largest absolute Gasteiger partial charge is 0.235 e. The molecule has 0 bridgehead atoms. The van der Waals surface area contributed by atoms with Crippen LogP contribution in [0, 0.1) is 11.6 Å². The molecule has 1 aliphatic carbocycles. The van der Waals surface area contributed by atoms with Gasteiger partial charge in [-0.3, -0.25) is 0 Å². The van der Waals surface area contributed by atoms with E-state index in [2.05, 4.69) is 10.1 Å². The summed E-state index contributed by atoms with van der Waals surface area (Å²) in [6, 6.07) is 5.66. The zero-order chi connectivity index (χ0) is 13.7. The summed E-state index contributed by atoms with van der Waals surface area (Å²) in [6.45, 7) is 0. The van der Waals surface area contributed by atoms with E-state index in [9.17, 15) is 8.78 Å². The standard InChI is InChI=1S/C15H11F2N3/c16-10-5-9(6-11(17)7-10)13-8-14(13)12-1-2-19-20-4-3-18-15(12)20/h1-7,13-14H,8H2/t13-,14-/m0/s1. The van der Waals surface area contributed by atoms with Crippen molar-refractivity contribution in [3.05, 3.63) is 65.6 Å². The van der Waals surface area contributed by atoms with Crippen molar-refractivity contribution >= 4 is 5.65 Å².